The number of nitrogens with zero attached hydrogens (tertiary/aromatic N) is 1. The summed E-state index contributed by atoms with van der Waals surface area (Å²) in [5, 5.41) is 3.30. The predicted octanol–water partition coefficient (Wildman–Crippen LogP) is 3.14. The monoisotopic (exact) mass is 282 g/mol. The molecule has 1 atom stereocenters. The fraction of sp³-hybridized carbons (Fsp3) is 0.625. The molecule has 0 amide bonds. The van der Waals surface area contributed by atoms with E-state index in [2.05, 4.69) is 54.5 Å². The minimum atomic E-state index is 0. The molecule has 0 saturated carbocycles. The molecule has 1 aromatic rings. The zero-order chi connectivity index (χ0) is 12.8. The normalized spacial score (nSPS) is 18.8. The third-order valence-electron chi connectivity index (χ3n) is 4.10. The first kappa shape index (κ1) is 16.5. The van der Waals surface area contributed by atoms with E-state index in [4.69, 9.17) is 0 Å². The lowest BCUT2D eigenvalue weighted by Gasteiger charge is -2.33. The van der Waals surface area contributed by atoms with Crippen LogP contribution in [0, 0.1) is 5.92 Å². The predicted molar refractivity (Wildman–Crippen MR) is 85.2 cm³/mol. The molecule has 0 bridgehead atoms. The van der Waals surface area contributed by atoms with Crippen LogP contribution >= 0.6 is 12.4 Å². The summed E-state index contributed by atoms with van der Waals surface area (Å²) < 4.78 is 0. The van der Waals surface area contributed by atoms with Crippen molar-refractivity contribution >= 4 is 12.4 Å². The zero-order valence-corrected chi connectivity index (χ0v) is 13.0. The van der Waals surface area contributed by atoms with Gasteiger partial charge in [-0.15, -0.1) is 12.4 Å². The van der Waals surface area contributed by atoms with Crippen LogP contribution in [0.15, 0.2) is 30.3 Å². The summed E-state index contributed by atoms with van der Waals surface area (Å²) in [5.74, 6) is 1.53. The Bertz CT molecular complexity index is 334. The van der Waals surface area contributed by atoms with Gasteiger partial charge in [-0.2, -0.15) is 0 Å². The standard InChI is InChI=1S/C16H26N2.ClH/c1-14(16-6-4-3-5-7-16)13-18-10-8-15(9-11-18)12-17-2;/h3-7,14-15,17H,8-13H2,1-2H3;1H. The smallest absolute Gasteiger partial charge is 0.00476 e. The van der Waals surface area contributed by atoms with Gasteiger partial charge in [0.1, 0.15) is 0 Å². The van der Waals surface area contributed by atoms with Crippen LogP contribution in [0.25, 0.3) is 0 Å². The van der Waals surface area contributed by atoms with Crippen LogP contribution in [0.1, 0.15) is 31.2 Å². The molecule has 1 aliphatic rings. The second-order valence-electron chi connectivity index (χ2n) is 5.61. The molecule has 0 aliphatic carbocycles. The van der Waals surface area contributed by atoms with Gasteiger partial charge < -0.3 is 10.2 Å². The third-order valence-corrected chi connectivity index (χ3v) is 4.10. The average molecular weight is 283 g/mol. The van der Waals surface area contributed by atoms with E-state index in [1.165, 1.54) is 44.6 Å². The Morgan fingerprint density at radius 3 is 2.42 bits per heavy atom. The summed E-state index contributed by atoms with van der Waals surface area (Å²) in [5.41, 5.74) is 1.47. The van der Waals surface area contributed by atoms with E-state index < -0.39 is 0 Å². The summed E-state index contributed by atoms with van der Waals surface area (Å²) in [7, 11) is 2.06. The molecule has 1 N–H and O–H groups in total. The van der Waals surface area contributed by atoms with Crippen LogP contribution in [-0.4, -0.2) is 38.1 Å². The summed E-state index contributed by atoms with van der Waals surface area (Å²) in [4.78, 5) is 2.63. The Hall–Kier alpha value is -0.570. The largest absolute Gasteiger partial charge is 0.319 e. The quantitative estimate of drug-likeness (QED) is 0.893. The molecule has 0 radical (unpaired) electrons. The summed E-state index contributed by atoms with van der Waals surface area (Å²) in [6.45, 7) is 7.26. The summed E-state index contributed by atoms with van der Waals surface area (Å²) in [6, 6.07) is 10.9. The van der Waals surface area contributed by atoms with Crippen LogP contribution in [0.5, 0.6) is 0 Å². The van der Waals surface area contributed by atoms with E-state index >= 15 is 0 Å². The van der Waals surface area contributed by atoms with Crippen LogP contribution in [0.4, 0.5) is 0 Å². The maximum atomic E-state index is 3.30. The lowest BCUT2D eigenvalue weighted by Crippen LogP contribution is -2.38. The van der Waals surface area contributed by atoms with Crippen molar-refractivity contribution in [1.82, 2.24) is 10.2 Å². The topological polar surface area (TPSA) is 15.3 Å². The van der Waals surface area contributed by atoms with Gasteiger partial charge in [-0.1, -0.05) is 37.3 Å². The molecule has 1 fully saturated rings. The molecule has 3 heteroatoms. The number of piperidine rings is 1. The first-order valence-corrected chi connectivity index (χ1v) is 7.21. The zero-order valence-electron chi connectivity index (χ0n) is 12.1. The molecule has 1 aliphatic heterocycles. The first-order chi connectivity index (χ1) is 8.79. The molecule has 0 spiro atoms. The maximum Gasteiger partial charge on any atom is 0.00476 e. The highest BCUT2D eigenvalue weighted by Gasteiger charge is 2.20. The molecule has 2 nitrogen and oxygen atoms in total. The van der Waals surface area contributed by atoms with Crippen molar-refractivity contribution in [2.24, 2.45) is 5.92 Å². The van der Waals surface area contributed by atoms with E-state index in [9.17, 15) is 0 Å². The van der Waals surface area contributed by atoms with Crippen LogP contribution in [-0.2, 0) is 0 Å². The van der Waals surface area contributed by atoms with Crippen LogP contribution < -0.4 is 5.32 Å². The van der Waals surface area contributed by atoms with Crippen molar-refractivity contribution in [3.8, 4) is 0 Å². The number of halogens is 1. The average Bonchev–Trinajstić information content (AvgIpc) is 2.42. The molecule has 1 saturated heterocycles. The maximum absolute atomic E-state index is 3.30. The van der Waals surface area contributed by atoms with Gasteiger partial charge in [0.2, 0.25) is 0 Å². The van der Waals surface area contributed by atoms with Gasteiger partial charge in [0, 0.05) is 6.54 Å². The molecular weight excluding hydrogens is 256 g/mol. The molecule has 19 heavy (non-hydrogen) atoms. The van der Waals surface area contributed by atoms with Crippen molar-refractivity contribution in [2.45, 2.75) is 25.7 Å². The third kappa shape index (κ3) is 5.13. The van der Waals surface area contributed by atoms with Gasteiger partial charge in [0.05, 0.1) is 0 Å². The lowest BCUT2D eigenvalue weighted by atomic mass is 9.94. The number of benzene rings is 1. The Morgan fingerprint density at radius 1 is 1.21 bits per heavy atom. The number of nitrogens with one attached hydrogen (secondary N) is 1. The van der Waals surface area contributed by atoms with E-state index in [1.54, 1.807) is 0 Å². The van der Waals surface area contributed by atoms with Gasteiger partial charge >= 0.3 is 0 Å². The molecule has 108 valence electrons. The molecule has 1 aromatic carbocycles. The van der Waals surface area contributed by atoms with Crippen molar-refractivity contribution in [2.75, 3.05) is 33.2 Å². The number of rotatable bonds is 5. The Balaban J connectivity index is 0.00000180. The minimum absolute atomic E-state index is 0. The van der Waals surface area contributed by atoms with Gasteiger partial charge in [-0.3, -0.25) is 0 Å². The minimum Gasteiger partial charge on any atom is -0.319 e. The second-order valence-corrected chi connectivity index (χ2v) is 5.61. The van der Waals surface area contributed by atoms with Gasteiger partial charge in [-0.05, 0) is 56.9 Å². The van der Waals surface area contributed by atoms with Gasteiger partial charge in [-0.25, -0.2) is 0 Å². The Kier molecular flexibility index (Phi) is 7.44. The first-order valence-electron chi connectivity index (χ1n) is 7.21. The lowest BCUT2D eigenvalue weighted by molar-refractivity contribution is 0.176. The van der Waals surface area contributed by atoms with Crippen LogP contribution in [0.2, 0.25) is 0 Å². The molecule has 2 rings (SSSR count). The second kappa shape index (κ2) is 8.57. The van der Waals surface area contributed by atoms with Crippen molar-refractivity contribution in [3.05, 3.63) is 35.9 Å². The number of likely N-dealkylation sites (tertiary alicyclic amines) is 1. The fourth-order valence-electron chi connectivity index (χ4n) is 2.94. The number of hydrogen-bond donors (Lipinski definition) is 1. The van der Waals surface area contributed by atoms with E-state index in [-0.39, 0.29) is 12.4 Å². The molecular formula is C16H27ClN2. The van der Waals surface area contributed by atoms with Gasteiger partial charge in [0.15, 0.2) is 0 Å². The van der Waals surface area contributed by atoms with E-state index in [0.717, 1.165) is 5.92 Å². The molecule has 1 unspecified atom stereocenters. The highest BCUT2D eigenvalue weighted by molar-refractivity contribution is 5.85. The van der Waals surface area contributed by atoms with Crippen molar-refractivity contribution in [3.63, 3.8) is 0 Å². The van der Waals surface area contributed by atoms with E-state index in [1.807, 2.05) is 0 Å². The fourth-order valence-corrected chi connectivity index (χ4v) is 2.94. The summed E-state index contributed by atoms with van der Waals surface area (Å²) in [6.07, 6.45) is 2.70. The highest BCUT2D eigenvalue weighted by Crippen LogP contribution is 2.21. The Labute approximate surface area is 124 Å². The summed E-state index contributed by atoms with van der Waals surface area (Å²) >= 11 is 0. The Morgan fingerprint density at radius 2 is 1.84 bits per heavy atom. The van der Waals surface area contributed by atoms with E-state index in [0.29, 0.717) is 5.92 Å². The number of hydrogen-bond acceptors (Lipinski definition) is 2. The van der Waals surface area contributed by atoms with Crippen LogP contribution in [0.3, 0.4) is 0 Å². The highest BCUT2D eigenvalue weighted by atomic mass is 35.5. The van der Waals surface area contributed by atoms with Gasteiger partial charge in [0.25, 0.3) is 0 Å². The molecule has 0 aromatic heterocycles. The van der Waals surface area contributed by atoms with Crippen molar-refractivity contribution < 1.29 is 0 Å². The molecule has 1 heterocycles. The van der Waals surface area contributed by atoms with Crippen molar-refractivity contribution in [1.29, 1.82) is 0 Å². The SMILES string of the molecule is CNCC1CCN(CC(C)c2ccccc2)CC1.Cl.